The van der Waals surface area contributed by atoms with Crippen LogP contribution in [0.1, 0.15) is 27.2 Å². The van der Waals surface area contributed by atoms with Gasteiger partial charge in [0.1, 0.15) is 0 Å². The van der Waals surface area contributed by atoms with Crippen LogP contribution in [0.4, 0.5) is 30.7 Å². The molecule has 20 heavy (non-hydrogen) atoms. The minimum atomic E-state index is -6.56. The second-order valence-electron chi connectivity index (χ2n) is 5.27. The third-order valence-electron chi connectivity index (χ3n) is 2.57. The third-order valence-corrected chi connectivity index (χ3v) is 2.57. The number of hydrogen-bond acceptors (Lipinski definition) is 2. The van der Waals surface area contributed by atoms with E-state index in [0.717, 1.165) is 0 Å². The van der Waals surface area contributed by atoms with Gasteiger partial charge in [-0.15, -0.1) is 6.10 Å². The Bertz CT molecular complexity index is 312. The molecule has 0 saturated heterocycles. The van der Waals surface area contributed by atoms with Crippen molar-refractivity contribution in [3.05, 3.63) is 0 Å². The first kappa shape index (κ1) is 23.0. The Kier molecular flexibility index (Phi) is 7.86. The first-order valence-electron chi connectivity index (χ1n) is 5.19. The number of rotatable bonds is 4. The molecule has 0 aromatic heterocycles. The zero-order valence-corrected chi connectivity index (χ0v) is 13.2. The molecule has 2 unspecified atom stereocenters. The fourth-order valence-corrected chi connectivity index (χ4v) is 1.09. The Hall–Kier alpha value is 0.690. The normalized spacial score (nSPS) is 17.4. The van der Waals surface area contributed by atoms with E-state index < -0.39 is 42.1 Å². The summed E-state index contributed by atoms with van der Waals surface area (Å²) in [5.74, 6) is -12.3. The van der Waals surface area contributed by atoms with Crippen molar-refractivity contribution in [2.45, 2.75) is 57.4 Å². The van der Waals surface area contributed by atoms with Crippen LogP contribution in [-0.4, -0.2) is 68.0 Å². The maximum atomic E-state index is 12.9. The van der Waals surface area contributed by atoms with Gasteiger partial charge >= 0.3 is 55.8 Å². The molecule has 0 aliphatic heterocycles. The topological polar surface area (TPSA) is 46.1 Å². The predicted molar refractivity (Wildman–Crippen MR) is 53.4 cm³/mol. The molecule has 0 amide bonds. The first-order valence-corrected chi connectivity index (χ1v) is 5.19. The van der Waals surface area contributed by atoms with E-state index >= 15 is 0 Å². The Morgan fingerprint density at radius 3 is 1.40 bits per heavy atom. The molecule has 0 rings (SSSR count). The molecule has 0 heterocycles. The molecule has 0 N–H and O–H groups in total. The van der Waals surface area contributed by atoms with Gasteiger partial charge in [0.05, 0.1) is 0 Å². The quantitative estimate of drug-likeness (QED) is 0.574. The summed E-state index contributed by atoms with van der Waals surface area (Å²) in [5, 5.41) is 22.3. The maximum absolute atomic E-state index is 12.9. The van der Waals surface area contributed by atoms with E-state index in [-0.39, 0.29) is 37.7 Å². The maximum Gasteiger partial charge on any atom is 2.00 e. The van der Waals surface area contributed by atoms with Gasteiger partial charge < -0.3 is 10.2 Å². The fraction of sp³-hybridized carbons (Fsp3) is 1.00. The van der Waals surface area contributed by atoms with Crippen molar-refractivity contribution >= 4 is 37.7 Å². The zero-order valence-electron chi connectivity index (χ0n) is 11.0. The van der Waals surface area contributed by atoms with Gasteiger partial charge in [-0.1, -0.05) is 38.7 Å². The minimum absolute atomic E-state index is 0. The van der Waals surface area contributed by atoms with Crippen molar-refractivity contribution in [1.29, 1.82) is 0 Å². The van der Waals surface area contributed by atoms with Crippen molar-refractivity contribution in [3.8, 4) is 0 Å². The van der Waals surface area contributed by atoms with Gasteiger partial charge in [-0.2, -0.15) is 22.0 Å². The fourth-order valence-electron chi connectivity index (χ4n) is 1.09. The van der Waals surface area contributed by atoms with Gasteiger partial charge in [0.15, 0.2) is 0 Å². The molecule has 116 valence electrons. The Morgan fingerprint density at radius 2 is 1.15 bits per heavy atom. The molecule has 0 aliphatic rings. The largest absolute Gasteiger partial charge is 2.00 e. The van der Waals surface area contributed by atoms with Crippen LogP contribution < -0.4 is 10.2 Å². The molecule has 2 nitrogen and oxygen atoms in total. The summed E-state index contributed by atoms with van der Waals surface area (Å²) in [4.78, 5) is 0. The van der Waals surface area contributed by atoms with Gasteiger partial charge in [-0.25, -0.2) is 8.78 Å². The predicted octanol–water partition coefficient (Wildman–Crippen LogP) is 1.33. The summed E-state index contributed by atoms with van der Waals surface area (Å²) in [6.45, 7) is 3.78. The van der Waals surface area contributed by atoms with E-state index in [2.05, 4.69) is 0 Å². The summed E-state index contributed by atoms with van der Waals surface area (Å²) >= 11 is 0. The molecular formula is C10H13CaF7O2. The standard InChI is InChI=1S/C10H13F7O2.Ca/c1-7(2,3)5(18)4-6(19)8(11,12)9(13,14)10(15,16)17;/h5-6H,4H2,1-3H3;/q-2;+2. The average molecular weight is 338 g/mol. The third kappa shape index (κ3) is 4.86. The molecule has 0 spiro atoms. The van der Waals surface area contributed by atoms with Crippen LogP contribution >= 0.6 is 0 Å². The van der Waals surface area contributed by atoms with Crippen LogP contribution in [0.2, 0.25) is 0 Å². The summed E-state index contributed by atoms with van der Waals surface area (Å²) < 4.78 is 86.3. The van der Waals surface area contributed by atoms with Gasteiger partial charge in [-0.3, -0.25) is 0 Å². The smallest absolute Gasteiger partial charge is 0.852 e. The number of halogens is 7. The molecule has 0 radical (unpaired) electrons. The monoisotopic (exact) mass is 338 g/mol. The van der Waals surface area contributed by atoms with Crippen LogP contribution in [0.5, 0.6) is 0 Å². The van der Waals surface area contributed by atoms with E-state index in [0.29, 0.717) is 0 Å². The van der Waals surface area contributed by atoms with Crippen molar-refractivity contribution in [2.75, 3.05) is 0 Å². The molecule has 0 saturated carbocycles. The van der Waals surface area contributed by atoms with Crippen LogP contribution in [0.25, 0.3) is 0 Å². The van der Waals surface area contributed by atoms with Gasteiger partial charge in [0.2, 0.25) is 0 Å². The zero-order chi connectivity index (χ0) is 15.9. The second kappa shape index (κ2) is 6.85. The minimum Gasteiger partial charge on any atom is -0.852 e. The van der Waals surface area contributed by atoms with Crippen LogP contribution in [-0.2, 0) is 0 Å². The van der Waals surface area contributed by atoms with Crippen molar-refractivity contribution < 1.29 is 40.9 Å². The molecule has 10 heteroatoms. The van der Waals surface area contributed by atoms with E-state index in [4.69, 9.17) is 0 Å². The molecule has 0 fully saturated rings. The Morgan fingerprint density at radius 1 is 0.800 bits per heavy atom. The summed E-state index contributed by atoms with van der Waals surface area (Å²) in [6.07, 6.45) is -13.7. The molecule has 0 aromatic rings. The molecule has 0 aliphatic carbocycles. The number of hydrogen-bond donors (Lipinski definition) is 0. The van der Waals surface area contributed by atoms with Crippen molar-refractivity contribution in [1.82, 2.24) is 0 Å². The second-order valence-corrected chi connectivity index (χ2v) is 5.27. The van der Waals surface area contributed by atoms with Crippen LogP contribution in [0, 0.1) is 5.41 Å². The molecular weight excluding hydrogens is 325 g/mol. The van der Waals surface area contributed by atoms with Crippen LogP contribution in [0.15, 0.2) is 0 Å². The van der Waals surface area contributed by atoms with Crippen molar-refractivity contribution in [3.63, 3.8) is 0 Å². The van der Waals surface area contributed by atoms with E-state index in [1.807, 2.05) is 0 Å². The summed E-state index contributed by atoms with van der Waals surface area (Å²) in [6, 6.07) is 0. The van der Waals surface area contributed by atoms with Gasteiger partial charge in [-0.05, 0) is 0 Å². The Balaban J connectivity index is 0. The van der Waals surface area contributed by atoms with Crippen molar-refractivity contribution in [2.24, 2.45) is 5.41 Å². The van der Waals surface area contributed by atoms with E-state index in [9.17, 15) is 40.9 Å². The van der Waals surface area contributed by atoms with Crippen LogP contribution in [0.3, 0.4) is 0 Å². The molecule has 2 atom stereocenters. The van der Waals surface area contributed by atoms with Gasteiger partial charge in [0, 0.05) is 0 Å². The van der Waals surface area contributed by atoms with E-state index in [1.54, 1.807) is 0 Å². The summed E-state index contributed by atoms with van der Waals surface area (Å²) in [7, 11) is 0. The SMILES string of the molecule is CC(C)(C)C([O-])CC([O-])C(F)(F)C(F)(F)C(F)(F)F.[Ca+2]. The summed E-state index contributed by atoms with van der Waals surface area (Å²) in [5.41, 5.74) is -1.20. The first-order chi connectivity index (χ1) is 8.05. The Labute approximate surface area is 141 Å². The van der Waals surface area contributed by atoms with E-state index in [1.165, 1.54) is 20.8 Å². The number of alkyl halides is 7. The average Bonchev–Trinajstić information content (AvgIpc) is 2.13. The molecule has 0 bridgehead atoms. The molecule has 0 aromatic carbocycles. The van der Waals surface area contributed by atoms with Gasteiger partial charge in [0.25, 0.3) is 0 Å².